The van der Waals surface area contributed by atoms with Gasteiger partial charge in [-0.15, -0.1) is 0 Å². The lowest BCUT2D eigenvalue weighted by Gasteiger charge is -2.50. The molecule has 4 aliphatic rings. The summed E-state index contributed by atoms with van der Waals surface area (Å²) in [4.78, 5) is 56.8. The van der Waals surface area contributed by atoms with Crippen molar-refractivity contribution in [2.75, 3.05) is 20.3 Å². The predicted molar refractivity (Wildman–Crippen MR) is 130 cm³/mol. The van der Waals surface area contributed by atoms with Gasteiger partial charge < -0.3 is 30.4 Å². The van der Waals surface area contributed by atoms with Gasteiger partial charge in [-0.2, -0.15) is 0 Å². The molecule has 1 saturated carbocycles. The molecule has 3 aliphatic heterocycles. The van der Waals surface area contributed by atoms with Gasteiger partial charge in [0.05, 0.1) is 13.2 Å². The molecule has 3 amide bonds. The smallest absolute Gasteiger partial charge is 0.271 e. The third kappa shape index (κ3) is 4.34. The Morgan fingerprint density at radius 1 is 1.19 bits per heavy atom. The number of ether oxygens (including phenoxy) is 1. The fourth-order valence-electron chi connectivity index (χ4n) is 6.13. The van der Waals surface area contributed by atoms with Crippen molar-refractivity contribution in [3.8, 4) is 5.75 Å². The monoisotopic (exact) mass is 496 g/mol. The van der Waals surface area contributed by atoms with Crippen LogP contribution in [0.25, 0.3) is 10.9 Å². The summed E-state index contributed by atoms with van der Waals surface area (Å²) >= 11 is 0. The number of aromatic amines is 1. The first kappa shape index (κ1) is 24.3. The second kappa shape index (κ2) is 9.93. The standard InChI is InChI=1S/C26H32N4O6/c1-36-22-4-2-3-18-17(22)12-20(28-18)26(35)30-16-7-5-14(6-8-16)23(30)25(34)29-19(21(32)13-31)11-15-9-10-27-24(15)33/h2-4,12,14-16,19,23,28,31H,5-11,13H2,1H3,(H,27,33)(H,29,34)/t14?,15-,16?,19+,23-/m0/s1. The van der Waals surface area contributed by atoms with E-state index in [9.17, 15) is 24.3 Å². The Morgan fingerprint density at radius 2 is 1.97 bits per heavy atom. The van der Waals surface area contributed by atoms with Gasteiger partial charge in [0.1, 0.15) is 24.1 Å². The zero-order valence-electron chi connectivity index (χ0n) is 20.3. The van der Waals surface area contributed by atoms with Gasteiger partial charge in [-0.05, 0) is 62.6 Å². The summed E-state index contributed by atoms with van der Waals surface area (Å²) in [7, 11) is 1.58. The average molecular weight is 497 g/mol. The number of ketones is 1. The van der Waals surface area contributed by atoms with Gasteiger partial charge in [0.15, 0.2) is 5.78 Å². The van der Waals surface area contributed by atoms with Crippen molar-refractivity contribution in [1.82, 2.24) is 20.5 Å². The van der Waals surface area contributed by atoms with Crippen LogP contribution in [0.1, 0.15) is 49.0 Å². The number of aromatic nitrogens is 1. The lowest BCUT2D eigenvalue weighted by atomic mass is 9.74. The first-order valence-electron chi connectivity index (χ1n) is 12.6. The average Bonchev–Trinajstić information content (AvgIpc) is 3.53. The van der Waals surface area contributed by atoms with Gasteiger partial charge in [-0.1, -0.05) is 6.07 Å². The van der Waals surface area contributed by atoms with Crippen LogP contribution in [0, 0.1) is 11.8 Å². The van der Waals surface area contributed by atoms with E-state index >= 15 is 0 Å². The van der Waals surface area contributed by atoms with Crippen LogP contribution >= 0.6 is 0 Å². The highest BCUT2D eigenvalue weighted by atomic mass is 16.5. The molecule has 1 aromatic carbocycles. The number of nitrogens with zero attached hydrogens (tertiary/aromatic N) is 1. The summed E-state index contributed by atoms with van der Waals surface area (Å²) < 4.78 is 5.42. The molecule has 4 heterocycles. The molecular formula is C26H32N4O6. The van der Waals surface area contributed by atoms with E-state index in [4.69, 9.17) is 4.74 Å². The molecule has 10 heteroatoms. The molecule has 0 spiro atoms. The summed E-state index contributed by atoms with van der Waals surface area (Å²) in [5.74, 6) is -1.12. The molecule has 10 nitrogen and oxygen atoms in total. The SMILES string of the molecule is COc1cccc2[nH]c(C(=O)N3C4CCC(CC4)[C@H]3C(=O)N[C@H](C[C@@H]3CCNC3=O)C(=O)CO)cc12. The molecule has 2 aromatic rings. The van der Waals surface area contributed by atoms with Crippen LogP contribution in [0.4, 0.5) is 0 Å². The number of hydrogen-bond acceptors (Lipinski definition) is 6. The Bertz CT molecular complexity index is 1180. The van der Waals surface area contributed by atoms with Gasteiger partial charge in [0, 0.05) is 29.4 Å². The lowest BCUT2D eigenvalue weighted by molar-refractivity contribution is -0.137. The van der Waals surface area contributed by atoms with E-state index in [2.05, 4.69) is 15.6 Å². The first-order chi connectivity index (χ1) is 17.4. The number of amides is 3. The van der Waals surface area contributed by atoms with E-state index in [-0.39, 0.29) is 30.2 Å². The van der Waals surface area contributed by atoms with Crippen molar-refractivity contribution in [3.63, 3.8) is 0 Å². The largest absolute Gasteiger partial charge is 0.496 e. The number of carbonyl (C=O) groups excluding carboxylic acids is 4. The van der Waals surface area contributed by atoms with Crippen molar-refractivity contribution in [1.29, 1.82) is 0 Å². The third-order valence-corrected chi connectivity index (χ3v) is 8.00. The van der Waals surface area contributed by atoms with Crippen LogP contribution in [0.3, 0.4) is 0 Å². The van der Waals surface area contributed by atoms with Crippen molar-refractivity contribution in [2.45, 2.75) is 56.7 Å². The van der Waals surface area contributed by atoms with Crippen LogP contribution in [0.2, 0.25) is 0 Å². The topological polar surface area (TPSA) is 141 Å². The molecule has 3 saturated heterocycles. The minimum atomic E-state index is -0.980. The molecule has 1 aliphatic carbocycles. The number of piperidine rings is 2. The number of hydrogen-bond donors (Lipinski definition) is 4. The zero-order valence-corrected chi connectivity index (χ0v) is 20.3. The Kier molecular flexibility index (Phi) is 6.70. The second-order valence-corrected chi connectivity index (χ2v) is 10.0. The van der Waals surface area contributed by atoms with Crippen LogP contribution in [0.5, 0.6) is 5.75 Å². The highest BCUT2D eigenvalue weighted by Gasteiger charge is 2.48. The fourth-order valence-corrected chi connectivity index (χ4v) is 6.13. The van der Waals surface area contributed by atoms with Crippen molar-refractivity contribution >= 4 is 34.4 Å². The molecular weight excluding hydrogens is 464 g/mol. The fraction of sp³-hybridized carbons (Fsp3) is 0.538. The number of fused-ring (bicyclic) bond motifs is 4. The second-order valence-electron chi connectivity index (χ2n) is 10.0. The van der Waals surface area contributed by atoms with Gasteiger partial charge in [-0.3, -0.25) is 19.2 Å². The molecule has 4 fully saturated rings. The number of Topliss-reactive ketones (excluding diaryl/α,β-unsaturated/α-hetero) is 1. The van der Waals surface area contributed by atoms with Gasteiger partial charge >= 0.3 is 0 Å². The number of aliphatic hydroxyl groups excluding tert-OH is 1. The summed E-state index contributed by atoms with van der Waals surface area (Å²) in [6, 6.07) is 5.52. The summed E-state index contributed by atoms with van der Waals surface area (Å²) in [5.41, 5.74) is 1.15. The van der Waals surface area contributed by atoms with E-state index in [1.54, 1.807) is 18.1 Å². The van der Waals surface area contributed by atoms with Crippen LogP contribution in [-0.2, 0) is 14.4 Å². The number of benzene rings is 1. The number of aliphatic hydroxyl groups is 1. The Hall–Kier alpha value is -3.40. The summed E-state index contributed by atoms with van der Waals surface area (Å²) in [6.45, 7) is -0.197. The van der Waals surface area contributed by atoms with E-state index in [0.717, 1.165) is 36.6 Å². The van der Waals surface area contributed by atoms with Gasteiger partial charge in [0.2, 0.25) is 11.8 Å². The summed E-state index contributed by atoms with van der Waals surface area (Å²) in [5, 5.41) is 15.8. The molecule has 36 heavy (non-hydrogen) atoms. The van der Waals surface area contributed by atoms with Crippen molar-refractivity contribution in [3.05, 3.63) is 30.0 Å². The molecule has 0 unspecified atom stereocenters. The molecule has 6 rings (SSSR count). The van der Waals surface area contributed by atoms with Crippen molar-refractivity contribution < 1.29 is 29.0 Å². The van der Waals surface area contributed by atoms with E-state index in [1.165, 1.54) is 0 Å². The van der Waals surface area contributed by atoms with Crippen LogP contribution in [-0.4, -0.2) is 76.9 Å². The van der Waals surface area contributed by atoms with Crippen molar-refractivity contribution in [2.24, 2.45) is 11.8 Å². The predicted octanol–water partition coefficient (Wildman–Crippen LogP) is 1.13. The van der Waals surface area contributed by atoms with Gasteiger partial charge in [0.25, 0.3) is 5.91 Å². The third-order valence-electron chi connectivity index (χ3n) is 8.00. The molecule has 192 valence electrons. The van der Waals surface area contributed by atoms with Crippen LogP contribution < -0.4 is 15.4 Å². The Labute approximate surface area is 208 Å². The highest BCUT2D eigenvalue weighted by molar-refractivity contribution is 6.02. The van der Waals surface area contributed by atoms with E-state index < -0.39 is 36.3 Å². The number of rotatable bonds is 8. The maximum Gasteiger partial charge on any atom is 0.271 e. The first-order valence-corrected chi connectivity index (χ1v) is 12.6. The zero-order chi connectivity index (χ0) is 25.4. The molecule has 0 radical (unpaired) electrons. The Morgan fingerprint density at radius 3 is 2.64 bits per heavy atom. The maximum atomic E-state index is 13.8. The van der Waals surface area contributed by atoms with E-state index in [1.807, 2.05) is 18.2 Å². The minimum Gasteiger partial charge on any atom is -0.496 e. The number of nitrogens with one attached hydrogen (secondary N) is 3. The Balaban J connectivity index is 1.40. The molecule has 2 bridgehead atoms. The minimum absolute atomic E-state index is 0.0162. The number of carbonyl (C=O) groups is 4. The maximum absolute atomic E-state index is 13.8. The summed E-state index contributed by atoms with van der Waals surface area (Å²) in [6.07, 6.45) is 4.02. The molecule has 1 aromatic heterocycles. The number of H-pyrrole nitrogens is 1. The molecule has 3 atom stereocenters. The van der Waals surface area contributed by atoms with Gasteiger partial charge in [-0.25, -0.2) is 0 Å². The highest BCUT2D eigenvalue weighted by Crippen LogP contribution is 2.41. The normalized spacial score (nSPS) is 26.1. The quantitative estimate of drug-likeness (QED) is 0.432. The molecule has 4 N–H and O–H groups in total. The van der Waals surface area contributed by atoms with Crippen LogP contribution in [0.15, 0.2) is 24.3 Å². The lowest BCUT2D eigenvalue weighted by Crippen LogP contribution is -2.64. The number of methoxy groups -OCH3 is 1. The van der Waals surface area contributed by atoms with E-state index in [0.29, 0.717) is 24.4 Å².